The van der Waals surface area contributed by atoms with Crippen molar-refractivity contribution in [3.63, 3.8) is 0 Å². The van der Waals surface area contributed by atoms with E-state index in [1.165, 1.54) is 45.2 Å². The Bertz CT molecular complexity index is 675. The number of quaternary nitrogens is 1. The summed E-state index contributed by atoms with van der Waals surface area (Å²) in [4.78, 5) is 18.4. The molecule has 0 amide bonds. The summed E-state index contributed by atoms with van der Waals surface area (Å²) in [5, 5.41) is 0. The Morgan fingerprint density at radius 2 is 1.86 bits per heavy atom. The lowest BCUT2D eigenvalue weighted by atomic mass is 10.1. The smallest absolute Gasteiger partial charge is 0.258 e. The lowest BCUT2D eigenvalue weighted by Gasteiger charge is -2.21. The molecule has 21 heavy (non-hydrogen) atoms. The molecular weight excluding hydrogens is 330 g/mol. The van der Waals surface area contributed by atoms with Crippen LogP contribution in [0.2, 0.25) is 0 Å². The second-order valence-corrected chi connectivity index (χ2v) is 6.77. The Balaban J connectivity index is 1.83. The van der Waals surface area contributed by atoms with Gasteiger partial charge in [-0.1, -0.05) is 6.42 Å². The minimum absolute atomic E-state index is 0.00254. The van der Waals surface area contributed by atoms with Crippen molar-refractivity contribution in [2.45, 2.75) is 38.6 Å². The first-order valence-electron chi connectivity index (χ1n) is 7.74. The lowest BCUT2D eigenvalue weighted by Crippen LogP contribution is -3.10. The number of likely N-dealkylation sites (tertiary alicyclic amines) is 1. The Labute approximate surface area is 132 Å². The van der Waals surface area contributed by atoms with Crippen molar-refractivity contribution in [3.8, 4) is 0 Å². The quantitative estimate of drug-likeness (QED) is 0.896. The van der Waals surface area contributed by atoms with Crippen LogP contribution >= 0.6 is 15.9 Å². The summed E-state index contributed by atoms with van der Waals surface area (Å²) in [6, 6.07) is 5.50. The van der Waals surface area contributed by atoms with Gasteiger partial charge in [0.1, 0.15) is 17.9 Å². The SMILES string of the molecule is O=c1cc(C[NH+]2CCCCCCC2)nc2ccc(Br)cn12. The minimum atomic E-state index is 0.00254. The molecule has 1 N–H and O–H groups in total. The van der Waals surface area contributed by atoms with Crippen LogP contribution in [0, 0.1) is 0 Å². The second kappa shape index (κ2) is 6.71. The molecule has 3 rings (SSSR count). The molecule has 0 atom stereocenters. The van der Waals surface area contributed by atoms with E-state index in [0.717, 1.165) is 22.4 Å². The zero-order valence-corrected chi connectivity index (χ0v) is 13.7. The molecule has 0 aromatic carbocycles. The van der Waals surface area contributed by atoms with Gasteiger partial charge in [-0.2, -0.15) is 0 Å². The molecule has 2 aromatic rings. The van der Waals surface area contributed by atoms with Crippen LogP contribution in [-0.2, 0) is 6.54 Å². The summed E-state index contributed by atoms with van der Waals surface area (Å²) < 4.78 is 2.48. The zero-order valence-electron chi connectivity index (χ0n) is 12.1. The summed E-state index contributed by atoms with van der Waals surface area (Å²) in [6.07, 6.45) is 8.40. The molecule has 0 spiro atoms. The molecule has 1 fully saturated rings. The maximum Gasteiger partial charge on any atom is 0.258 e. The second-order valence-electron chi connectivity index (χ2n) is 5.86. The van der Waals surface area contributed by atoms with Crippen molar-refractivity contribution in [1.29, 1.82) is 0 Å². The summed E-state index contributed by atoms with van der Waals surface area (Å²) in [5.74, 6) is 0. The number of fused-ring (bicyclic) bond motifs is 1. The Hall–Kier alpha value is -1.20. The van der Waals surface area contributed by atoms with Crippen molar-refractivity contribution in [2.24, 2.45) is 0 Å². The minimum Gasteiger partial charge on any atom is -0.330 e. The van der Waals surface area contributed by atoms with Gasteiger partial charge in [-0.05, 0) is 53.7 Å². The number of nitrogens with one attached hydrogen (secondary N) is 1. The molecule has 0 aliphatic carbocycles. The Morgan fingerprint density at radius 3 is 2.62 bits per heavy atom. The fourth-order valence-electron chi connectivity index (χ4n) is 3.05. The van der Waals surface area contributed by atoms with Crippen molar-refractivity contribution in [3.05, 3.63) is 44.9 Å². The van der Waals surface area contributed by atoms with Crippen molar-refractivity contribution in [2.75, 3.05) is 13.1 Å². The normalized spacial score (nSPS) is 17.6. The van der Waals surface area contributed by atoms with E-state index in [2.05, 4.69) is 20.9 Å². The van der Waals surface area contributed by atoms with Crippen LogP contribution in [0.4, 0.5) is 0 Å². The van der Waals surface area contributed by atoms with Gasteiger partial charge in [0.05, 0.1) is 13.1 Å². The van der Waals surface area contributed by atoms with Gasteiger partial charge in [-0.25, -0.2) is 4.98 Å². The number of hydrogen-bond donors (Lipinski definition) is 1. The predicted octanol–water partition coefficient (Wildman–Crippen LogP) is 1.81. The van der Waals surface area contributed by atoms with Gasteiger partial charge in [0.15, 0.2) is 0 Å². The fourth-order valence-corrected chi connectivity index (χ4v) is 3.39. The summed E-state index contributed by atoms with van der Waals surface area (Å²) in [6.45, 7) is 3.25. The highest BCUT2D eigenvalue weighted by molar-refractivity contribution is 9.10. The maximum absolute atomic E-state index is 12.2. The number of halogens is 1. The molecule has 0 bridgehead atoms. The third-order valence-corrected chi connectivity index (χ3v) is 4.64. The monoisotopic (exact) mass is 350 g/mol. The molecule has 0 radical (unpaired) electrons. The summed E-state index contributed by atoms with van der Waals surface area (Å²) >= 11 is 3.39. The van der Waals surface area contributed by atoms with Gasteiger partial charge in [0.2, 0.25) is 0 Å². The molecule has 5 heteroatoms. The molecule has 0 saturated carbocycles. The van der Waals surface area contributed by atoms with E-state index in [4.69, 9.17) is 0 Å². The Morgan fingerprint density at radius 1 is 1.14 bits per heavy atom. The van der Waals surface area contributed by atoms with Crippen molar-refractivity contribution < 1.29 is 4.90 Å². The van der Waals surface area contributed by atoms with Crippen LogP contribution in [0.15, 0.2) is 33.7 Å². The largest absolute Gasteiger partial charge is 0.330 e. The van der Waals surface area contributed by atoms with Crippen LogP contribution in [0.1, 0.15) is 37.8 Å². The third-order valence-electron chi connectivity index (χ3n) is 4.17. The maximum atomic E-state index is 12.2. The van der Waals surface area contributed by atoms with Gasteiger partial charge in [-0.15, -0.1) is 0 Å². The lowest BCUT2D eigenvalue weighted by molar-refractivity contribution is -0.915. The van der Waals surface area contributed by atoms with E-state index < -0.39 is 0 Å². The Kier molecular flexibility index (Phi) is 4.70. The van der Waals surface area contributed by atoms with E-state index in [1.54, 1.807) is 21.6 Å². The standard InChI is InChI=1S/C16H20BrN3O/c17-13-6-7-15-18-14(10-16(21)20(15)11-13)12-19-8-4-2-1-3-5-9-19/h6-7,10-11H,1-5,8-9,12H2/p+1. The van der Waals surface area contributed by atoms with E-state index in [9.17, 15) is 4.79 Å². The molecule has 2 aromatic heterocycles. The molecule has 1 saturated heterocycles. The zero-order chi connectivity index (χ0) is 14.7. The molecule has 112 valence electrons. The van der Waals surface area contributed by atoms with Crippen molar-refractivity contribution in [1.82, 2.24) is 9.38 Å². The first-order valence-corrected chi connectivity index (χ1v) is 8.53. The van der Waals surface area contributed by atoms with Gasteiger partial charge in [-0.3, -0.25) is 9.20 Å². The number of hydrogen-bond acceptors (Lipinski definition) is 2. The van der Waals surface area contributed by atoms with Crippen LogP contribution in [0.3, 0.4) is 0 Å². The van der Waals surface area contributed by atoms with E-state index >= 15 is 0 Å². The molecule has 0 unspecified atom stereocenters. The average molecular weight is 351 g/mol. The van der Waals surface area contributed by atoms with Crippen LogP contribution in [0.25, 0.3) is 5.65 Å². The predicted molar refractivity (Wildman–Crippen MR) is 86.6 cm³/mol. The number of nitrogens with zero attached hydrogens (tertiary/aromatic N) is 2. The molecular formula is C16H21BrN3O+. The van der Waals surface area contributed by atoms with Gasteiger partial charge < -0.3 is 4.90 Å². The molecule has 4 nitrogen and oxygen atoms in total. The highest BCUT2D eigenvalue weighted by atomic mass is 79.9. The number of rotatable bonds is 2. The topological polar surface area (TPSA) is 38.8 Å². The summed E-state index contributed by atoms with van der Waals surface area (Å²) in [5.41, 5.74) is 1.65. The highest BCUT2D eigenvalue weighted by Crippen LogP contribution is 2.09. The average Bonchev–Trinajstić information content (AvgIpc) is 2.43. The van der Waals surface area contributed by atoms with Crippen LogP contribution in [-0.4, -0.2) is 22.5 Å². The van der Waals surface area contributed by atoms with Crippen LogP contribution < -0.4 is 10.5 Å². The molecule has 1 aliphatic rings. The summed E-state index contributed by atoms with van der Waals surface area (Å²) in [7, 11) is 0. The molecule has 1 aliphatic heterocycles. The van der Waals surface area contributed by atoms with E-state index in [-0.39, 0.29) is 5.56 Å². The molecule has 3 heterocycles. The van der Waals surface area contributed by atoms with Gasteiger partial charge >= 0.3 is 0 Å². The first kappa shape index (κ1) is 14.7. The van der Waals surface area contributed by atoms with Crippen LogP contribution in [0.5, 0.6) is 0 Å². The number of aromatic nitrogens is 2. The van der Waals surface area contributed by atoms with Crippen molar-refractivity contribution >= 4 is 21.6 Å². The van der Waals surface area contributed by atoms with E-state index in [0.29, 0.717) is 0 Å². The fraction of sp³-hybridized carbons (Fsp3) is 0.500. The van der Waals surface area contributed by atoms with Gasteiger partial charge in [0.25, 0.3) is 5.56 Å². The first-order chi connectivity index (χ1) is 10.2. The highest BCUT2D eigenvalue weighted by Gasteiger charge is 2.14. The van der Waals surface area contributed by atoms with Gasteiger partial charge in [0, 0.05) is 16.7 Å². The van der Waals surface area contributed by atoms with E-state index in [1.807, 2.05) is 12.1 Å². The number of pyridine rings is 1. The third kappa shape index (κ3) is 3.71.